The van der Waals surface area contributed by atoms with Gasteiger partial charge in [-0.1, -0.05) is 40.5 Å². The number of aliphatic hydroxyl groups excluding tert-OH is 1. The molecule has 0 saturated carbocycles. The molecule has 0 amide bonds. The van der Waals surface area contributed by atoms with Crippen LogP contribution in [0.2, 0.25) is 0 Å². The Morgan fingerprint density at radius 2 is 1.52 bits per heavy atom. The molecule has 0 aliphatic rings. The fourth-order valence-electron chi connectivity index (χ4n) is 1.76. The Morgan fingerprint density at radius 1 is 1.10 bits per heavy atom. The topological polar surface area (TPSA) is 81.8 Å². The van der Waals surface area contributed by atoms with Crippen molar-refractivity contribution in [2.24, 2.45) is 11.7 Å². The summed E-state index contributed by atoms with van der Waals surface area (Å²) in [6.45, 7) is 8.71. The average molecular weight is 346 g/mol. The van der Waals surface area contributed by atoms with Crippen LogP contribution in [0.1, 0.15) is 59.8 Å². The molecule has 130 valence electrons. The summed E-state index contributed by atoms with van der Waals surface area (Å²) < 4.78 is 23.5. The van der Waals surface area contributed by atoms with Gasteiger partial charge in [-0.3, -0.25) is 4.57 Å². The molecule has 0 aliphatic carbocycles. The normalized spacial score (nSPS) is 14.8. The molecule has 21 heavy (non-hydrogen) atoms. The van der Waals surface area contributed by atoms with Crippen molar-refractivity contribution in [2.45, 2.75) is 71.7 Å². The van der Waals surface area contributed by atoms with Crippen LogP contribution in [0.5, 0.6) is 0 Å². The molecule has 5 nitrogen and oxygen atoms in total. The molecule has 2 unspecified atom stereocenters. The summed E-state index contributed by atoms with van der Waals surface area (Å²) in [6, 6.07) is -0.593. The van der Waals surface area contributed by atoms with Crippen molar-refractivity contribution in [3.05, 3.63) is 0 Å². The Labute approximate surface area is 135 Å². The summed E-state index contributed by atoms with van der Waals surface area (Å²) in [4.78, 5) is 0. The summed E-state index contributed by atoms with van der Waals surface area (Å²) in [6.07, 6.45) is 4.02. The first-order valence-corrected chi connectivity index (χ1v) is 9.31. The molecule has 0 aromatic carbocycles. The third-order valence-corrected chi connectivity index (χ3v) is 5.10. The minimum atomic E-state index is -3.55. The molecule has 7 heteroatoms. The molecule has 0 aliphatic heterocycles. The van der Waals surface area contributed by atoms with Gasteiger partial charge in [-0.2, -0.15) is 0 Å². The Hall–Kier alpha value is 0.360. The zero-order chi connectivity index (χ0) is 15.6. The predicted molar refractivity (Wildman–Crippen MR) is 90.0 cm³/mol. The van der Waals surface area contributed by atoms with Gasteiger partial charge in [-0.15, -0.1) is 12.4 Å². The van der Waals surface area contributed by atoms with E-state index in [1.807, 2.05) is 27.7 Å². The fraction of sp³-hybridized carbons (Fsp3) is 1.00. The summed E-state index contributed by atoms with van der Waals surface area (Å²) in [5.74, 6) is -0.932. The van der Waals surface area contributed by atoms with Gasteiger partial charge in [0, 0.05) is 6.04 Å². The van der Waals surface area contributed by atoms with Gasteiger partial charge < -0.3 is 19.9 Å². The van der Waals surface area contributed by atoms with E-state index in [2.05, 4.69) is 0 Å². The lowest BCUT2D eigenvalue weighted by molar-refractivity contribution is 0.121. The highest BCUT2D eigenvalue weighted by Gasteiger charge is 2.38. The maximum Gasteiger partial charge on any atom is 0.360 e. The highest BCUT2D eigenvalue weighted by Crippen LogP contribution is 2.53. The van der Waals surface area contributed by atoms with Crippen LogP contribution in [0.4, 0.5) is 0 Å². The van der Waals surface area contributed by atoms with Crippen molar-refractivity contribution in [1.29, 1.82) is 0 Å². The van der Waals surface area contributed by atoms with E-state index in [1.54, 1.807) is 0 Å². The third kappa shape index (κ3) is 9.88. The second kappa shape index (κ2) is 12.9. The number of aliphatic hydroxyl groups is 1. The van der Waals surface area contributed by atoms with Crippen LogP contribution in [0.25, 0.3) is 0 Å². The Bertz CT molecular complexity index is 278. The summed E-state index contributed by atoms with van der Waals surface area (Å²) in [7, 11) is -3.55. The van der Waals surface area contributed by atoms with E-state index in [-0.39, 0.29) is 12.4 Å². The van der Waals surface area contributed by atoms with Crippen molar-refractivity contribution < 1.29 is 18.7 Å². The molecule has 0 bridgehead atoms. The lowest BCUT2D eigenvalue weighted by Gasteiger charge is -2.28. The maximum absolute atomic E-state index is 12.7. The van der Waals surface area contributed by atoms with Gasteiger partial charge >= 0.3 is 7.60 Å². The third-order valence-electron chi connectivity index (χ3n) is 2.99. The second-order valence-corrected chi connectivity index (χ2v) is 7.75. The quantitative estimate of drug-likeness (QED) is 0.413. The molecule has 3 N–H and O–H groups in total. The molecular formula is C14H33ClNO4P. The molecule has 0 heterocycles. The van der Waals surface area contributed by atoms with E-state index in [0.717, 1.165) is 25.7 Å². The summed E-state index contributed by atoms with van der Waals surface area (Å²) in [5, 5.41) is 10.2. The highest BCUT2D eigenvalue weighted by molar-refractivity contribution is 7.54. The maximum atomic E-state index is 12.7. The number of nitrogens with two attached hydrogens (primary N) is 1. The minimum Gasteiger partial charge on any atom is -0.379 e. The van der Waals surface area contributed by atoms with Gasteiger partial charge in [0.15, 0.2) is 5.85 Å². The second-order valence-electron chi connectivity index (χ2n) is 5.62. The summed E-state index contributed by atoms with van der Waals surface area (Å²) in [5.41, 5.74) is 5.93. The Kier molecular flexibility index (Phi) is 14.5. The van der Waals surface area contributed by atoms with Crippen LogP contribution in [-0.2, 0) is 13.6 Å². The smallest absolute Gasteiger partial charge is 0.360 e. The van der Waals surface area contributed by atoms with Crippen molar-refractivity contribution in [2.75, 3.05) is 13.2 Å². The van der Waals surface area contributed by atoms with Crippen molar-refractivity contribution in [3.8, 4) is 0 Å². The first-order valence-electron chi connectivity index (χ1n) is 7.69. The van der Waals surface area contributed by atoms with Crippen LogP contribution in [0.15, 0.2) is 0 Å². The van der Waals surface area contributed by atoms with E-state index in [0.29, 0.717) is 25.6 Å². The average Bonchev–Trinajstić information content (AvgIpc) is 2.37. The highest BCUT2D eigenvalue weighted by atomic mass is 35.5. The van der Waals surface area contributed by atoms with Crippen LogP contribution in [-0.4, -0.2) is 30.2 Å². The van der Waals surface area contributed by atoms with Crippen molar-refractivity contribution in [1.82, 2.24) is 0 Å². The van der Waals surface area contributed by atoms with Crippen LogP contribution in [0.3, 0.4) is 0 Å². The molecule has 0 spiro atoms. The van der Waals surface area contributed by atoms with Gasteiger partial charge in [0.1, 0.15) is 0 Å². The minimum absolute atomic E-state index is 0. The molecule has 0 saturated heterocycles. The van der Waals surface area contributed by atoms with Crippen molar-refractivity contribution in [3.63, 3.8) is 0 Å². The number of hydrogen-bond acceptors (Lipinski definition) is 5. The lowest BCUT2D eigenvalue weighted by Crippen LogP contribution is -2.36. The molecular weight excluding hydrogens is 313 g/mol. The van der Waals surface area contributed by atoms with E-state index in [9.17, 15) is 9.67 Å². The fourth-order valence-corrected chi connectivity index (χ4v) is 3.50. The molecule has 0 fully saturated rings. The molecule has 0 rings (SSSR count). The monoisotopic (exact) mass is 345 g/mol. The first kappa shape index (κ1) is 23.6. The predicted octanol–water partition coefficient (Wildman–Crippen LogP) is 3.93. The van der Waals surface area contributed by atoms with Crippen LogP contribution >= 0.6 is 20.0 Å². The Balaban J connectivity index is 0. The molecule has 0 radical (unpaired) electrons. The van der Waals surface area contributed by atoms with E-state index in [4.69, 9.17) is 14.8 Å². The van der Waals surface area contributed by atoms with E-state index in [1.165, 1.54) is 0 Å². The standard InChI is InChI=1S/C14H32NO4P.ClH/c1-5-7-9-18-20(17,19-10-8-6-2)14(16)13(15)11-12(3)4;/h12-14,16H,5-11,15H2,1-4H3;1H. The van der Waals surface area contributed by atoms with Gasteiger partial charge in [-0.05, 0) is 25.2 Å². The number of unbranched alkanes of at least 4 members (excludes halogenated alkanes) is 2. The molecule has 2 atom stereocenters. The lowest BCUT2D eigenvalue weighted by atomic mass is 10.1. The van der Waals surface area contributed by atoms with Gasteiger partial charge in [0.05, 0.1) is 13.2 Å². The van der Waals surface area contributed by atoms with E-state index < -0.39 is 19.5 Å². The molecule has 0 aromatic heterocycles. The summed E-state index contributed by atoms with van der Waals surface area (Å²) >= 11 is 0. The number of hydrogen-bond donors (Lipinski definition) is 2. The zero-order valence-electron chi connectivity index (χ0n) is 13.8. The zero-order valence-corrected chi connectivity index (χ0v) is 15.5. The first-order chi connectivity index (χ1) is 9.37. The largest absolute Gasteiger partial charge is 0.379 e. The number of rotatable bonds is 12. The molecule has 0 aromatic rings. The number of halogens is 1. The van der Waals surface area contributed by atoms with E-state index >= 15 is 0 Å². The van der Waals surface area contributed by atoms with Gasteiger partial charge in [-0.25, -0.2) is 0 Å². The van der Waals surface area contributed by atoms with Crippen LogP contribution in [0, 0.1) is 5.92 Å². The van der Waals surface area contributed by atoms with Gasteiger partial charge in [0.25, 0.3) is 0 Å². The van der Waals surface area contributed by atoms with Crippen molar-refractivity contribution >= 4 is 20.0 Å². The van der Waals surface area contributed by atoms with Gasteiger partial charge in [0.2, 0.25) is 0 Å². The Morgan fingerprint density at radius 3 is 1.86 bits per heavy atom. The van der Waals surface area contributed by atoms with Crippen LogP contribution < -0.4 is 5.73 Å². The SMILES string of the molecule is CCCCOP(=O)(OCCCC)C(O)C(N)CC(C)C.Cl.